The molecule has 0 unspecified atom stereocenters. The molecule has 4 aromatic heterocycles. The fraction of sp³-hybridized carbons (Fsp3) is 0.188. The fourth-order valence-electron chi connectivity index (χ4n) is 2.36. The number of aryl methyl sites for hydroxylation is 1. The number of oxazole rings is 1. The van der Waals surface area contributed by atoms with E-state index < -0.39 is 0 Å². The van der Waals surface area contributed by atoms with Crippen LogP contribution in [-0.4, -0.2) is 19.6 Å². The molecular weight excluding hydrogens is 346 g/mol. The Morgan fingerprint density at radius 1 is 1.33 bits per heavy atom. The van der Waals surface area contributed by atoms with E-state index in [1.807, 2.05) is 42.9 Å². The van der Waals surface area contributed by atoms with Gasteiger partial charge in [-0.3, -0.25) is 0 Å². The van der Waals surface area contributed by atoms with Gasteiger partial charge >= 0.3 is 0 Å². The normalized spacial score (nSPS) is 10.9. The number of nitrogens with one attached hydrogen (secondary N) is 1. The third kappa shape index (κ3) is 3.48. The topological polar surface area (TPSA) is 68.2 Å². The van der Waals surface area contributed by atoms with Gasteiger partial charge in [-0.15, -0.1) is 23.7 Å². The monoisotopic (exact) mass is 361 g/mol. The van der Waals surface area contributed by atoms with Crippen LogP contribution >= 0.6 is 23.7 Å². The zero-order chi connectivity index (χ0) is 15.6. The minimum absolute atomic E-state index is 0. The lowest BCUT2D eigenvalue weighted by Gasteiger charge is -2.02. The van der Waals surface area contributed by atoms with Gasteiger partial charge in [-0.1, -0.05) is 6.07 Å². The number of thiophene rings is 1. The second kappa shape index (κ2) is 7.12. The Bertz CT molecular complexity index is 931. The molecule has 0 atom stereocenters. The molecule has 4 aromatic rings. The van der Waals surface area contributed by atoms with Crippen LogP contribution in [0.15, 0.2) is 46.7 Å². The lowest BCUT2D eigenvalue weighted by molar-refractivity contribution is 0.571. The van der Waals surface area contributed by atoms with Gasteiger partial charge < -0.3 is 9.73 Å². The first-order valence-electron chi connectivity index (χ1n) is 7.28. The highest BCUT2D eigenvalue weighted by Gasteiger charge is 2.07. The molecule has 4 heterocycles. The summed E-state index contributed by atoms with van der Waals surface area (Å²) in [6, 6.07) is 5.95. The zero-order valence-corrected chi connectivity index (χ0v) is 14.6. The van der Waals surface area contributed by atoms with Gasteiger partial charge in [0.1, 0.15) is 6.26 Å². The molecule has 0 amide bonds. The quantitative estimate of drug-likeness (QED) is 0.589. The van der Waals surface area contributed by atoms with Crippen LogP contribution in [0.5, 0.6) is 0 Å². The van der Waals surface area contributed by atoms with Crippen LogP contribution in [0.3, 0.4) is 0 Å². The second-order valence-electron chi connectivity index (χ2n) is 5.28. The summed E-state index contributed by atoms with van der Waals surface area (Å²) in [6.07, 6.45) is 5.55. The van der Waals surface area contributed by atoms with Crippen molar-refractivity contribution in [2.75, 3.05) is 0 Å². The van der Waals surface area contributed by atoms with E-state index in [0.717, 1.165) is 27.5 Å². The number of hydrogen-bond donors (Lipinski definition) is 1. The van der Waals surface area contributed by atoms with Crippen molar-refractivity contribution < 1.29 is 4.42 Å². The molecule has 0 aliphatic heterocycles. The SMILES string of the molecule is Cc1cc2ncc(CNCc3coc(-c4cccs4)n3)cn2n1.Cl. The number of nitrogens with zero attached hydrogens (tertiary/aromatic N) is 4. The lowest BCUT2D eigenvalue weighted by Crippen LogP contribution is -2.13. The summed E-state index contributed by atoms with van der Waals surface area (Å²) in [5.41, 5.74) is 3.79. The van der Waals surface area contributed by atoms with Gasteiger partial charge in [0.05, 0.1) is 16.3 Å². The number of aromatic nitrogens is 4. The Kier molecular flexibility index (Phi) is 4.94. The van der Waals surface area contributed by atoms with Gasteiger partial charge in [0.2, 0.25) is 5.89 Å². The third-order valence-corrected chi connectivity index (χ3v) is 4.27. The van der Waals surface area contributed by atoms with Crippen molar-refractivity contribution in [2.24, 2.45) is 0 Å². The Morgan fingerprint density at radius 3 is 3.08 bits per heavy atom. The van der Waals surface area contributed by atoms with Crippen LogP contribution in [0.2, 0.25) is 0 Å². The predicted molar refractivity (Wildman–Crippen MR) is 95.3 cm³/mol. The van der Waals surface area contributed by atoms with E-state index in [9.17, 15) is 0 Å². The van der Waals surface area contributed by atoms with Crippen LogP contribution in [0.1, 0.15) is 17.0 Å². The summed E-state index contributed by atoms with van der Waals surface area (Å²) in [5, 5.41) is 9.73. The molecule has 0 aliphatic carbocycles. The van der Waals surface area contributed by atoms with E-state index in [2.05, 4.69) is 20.4 Å². The van der Waals surface area contributed by atoms with Crippen LogP contribution in [0.25, 0.3) is 16.4 Å². The number of fused-ring (bicyclic) bond motifs is 1. The summed E-state index contributed by atoms with van der Waals surface area (Å²) in [4.78, 5) is 9.92. The number of rotatable bonds is 5. The minimum atomic E-state index is 0. The van der Waals surface area contributed by atoms with E-state index in [1.165, 1.54) is 0 Å². The van der Waals surface area contributed by atoms with Gasteiger partial charge in [-0.25, -0.2) is 14.5 Å². The van der Waals surface area contributed by atoms with Crippen LogP contribution in [-0.2, 0) is 13.1 Å². The van der Waals surface area contributed by atoms with E-state index in [-0.39, 0.29) is 12.4 Å². The Morgan fingerprint density at radius 2 is 2.25 bits per heavy atom. The van der Waals surface area contributed by atoms with Crippen molar-refractivity contribution in [3.8, 4) is 10.8 Å². The van der Waals surface area contributed by atoms with Crippen molar-refractivity contribution in [2.45, 2.75) is 20.0 Å². The first-order chi connectivity index (χ1) is 11.3. The molecule has 0 spiro atoms. The first-order valence-corrected chi connectivity index (χ1v) is 8.16. The molecule has 124 valence electrons. The van der Waals surface area contributed by atoms with Gasteiger partial charge in [0.25, 0.3) is 0 Å². The highest BCUT2D eigenvalue weighted by molar-refractivity contribution is 7.13. The van der Waals surface area contributed by atoms with E-state index >= 15 is 0 Å². The van der Waals surface area contributed by atoms with E-state index in [0.29, 0.717) is 19.0 Å². The molecular formula is C16H16ClN5OS. The maximum absolute atomic E-state index is 5.51. The standard InChI is InChI=1S/C16H15N5OS.ClH/c1-11-5-15-18-7-12(9-21(15)20-11)6-17-8-13-10-22-16(19-13)14-3-2-4-23-14;/h2-5,7,9-10,17H,6,8H2,1H3;1H. The number of hydrogen-bond acceptors (Lipinski definition) is 6. The van der Waals surface area contributed by atoms with Crippen LogP contribution < -0.4 is 5.32 Å². The lowest BCUT2D eigenvalue weighted by atomic mass is 10.3. The molecule has 1 N–H and O–H groups in total. The molecule has 0 saturated heterocycles. The van der Waals surface area contributed by atoms with Gasteiger partial charge in [-0.2, -0.15) is 5.10 Å². The molecule has 0 fully saturated rings. The van der Waals surface area contributed by atoms with Crippen molar-refractivity contribution >= 4 is 29.4 Å². The molecule has 4 rings (SSSR count). The molecule has 8 heteroatoms. The van der Waals surface area contributed by atoms with E-state index in [4.69, 9.17) is 4.42 Å². The maximum atomic E-state index is 5.51. The highest BCUT2D eigenvalue weighted by atomic mass is 35.5. The number of halogens is 1. The zero-order valence-electron chi connectivity index (χ0n) is 13.0. The van der Waals surface area contributed by atoms with Crippen molar-refractivity contribution in [1.82, 2.24) is 24.9 Å². The third-order valence-electron chi connectivity index (χ3n) is 3.41. The second-order valence-corrected chi connectivity index (χ2v) is 6.22. The van der Waals surface area contributed by atoms with Crippen LogP contribution in [0.4, 0.5) is 0 Å². The minimum Gasteiger partial charge on any atom is -0.444 e. The maximum Gasteiger partial charge on any atom is 0.236 e. The summed E-state index contributed by atoms with van der Waals surface area (Å²) in [6.45, 7) is 3.30. The van der Waals surface area contributed by atoms with Gasteiger partial charge in [0.15, 0.2) is 5.65 Å². The molecule has 0 aliphatic rings. The predicted octanol–water partition coefficient (Wildman–Crippen LogP) is 3.47. The van der Waals surface area contributed by atoms with Crippen molar-refractivity contribution in [1.29, 1.82) is 0 Å². The Balaban J connectivity index is 0.00000169. The van der Waals surface area contributed by atoms with Crippen LogP contribution in [0, 0.1) is 6.92 Å². The van der Waals surface area contributed by atoms with E-state index in [1.54, 1.807) is 22.1 Å². The first kappa shape index (κ1) is 16.6. The molecule has 0 bridgehead atoms. The van der Waals surface area contributed by atoms with Crippen molar-refractivity contribution in [3.05, 3.63) is 59.2 Å². The average molecular weight is 362 g/mol. The van der Waals surface area contributed by atoms with Gasteiger partial charge in [-0.05, 0) is 18.4 Å². The average Bonchev–Trinajstić information content (AvgIpc) is 3.26. The Labute approximate surface area is 149 Å². The summed E-state index contributed by atoms with van der Waals surface area (Å²) in [7, 11) is 0. The molecule has 0 saturated carbocycles. The molecule has 6 nitrogen and oxygen atoms in total. The highest BCUT2D eigenvalue weighted by Crippen LogP contribution is 2.23. The van der Waals surface area contributed by atoms with Crippen molar-refractivity contribution in [3.63, 3.8) is 0 Å². The fourth-order valence-corrected chi connectivity index (χ4v) is 3.02. The molecule has 24 heavy (non-hydrogen) atoms. The summed E-state index contributed by atoms with van der Waals surface area (Å²) in [5.74, 6) is 0.673. The molecule has 0 aromatic carbocycles. The summed E-state index contributed by atoms with van der Waals surface area (Å²) < 4.78 is 7.31. The largest absolute Gasteiger partial charge is 0.444 e. The molecule has 0 radical (unpaired) electrons. The summed E-state index contributed by atoms with van der Waals surface area (Å²) >= 11 is 1.62. The smallest absolute Gasteiger partial charge is 0.236 e. The van der Waals surface area contributed by atoms with Gasteiger partial charge in [0, 0.05) is 37.1 Å². The Hall–Kier alpha value is -2.22.